The normalized spacial score (nSPS) is 16.3. The van der Waals surface area contributed by atoms with Crippen molar-refractivity contribution >= 4 is 71.1 Å². The van der Waals surface area contributed by atoms with Gasteiger partial charge in [0.25, 0.3) is 0 Å². The van der Waals surface area contributed by atoms with Crippen molar-refractivity contribution < 1.29 is 53.4 Å². The number of nitrogens with two attached hydrogens (primary N) is 7. The molecule has 1 aliphatic heterocycles. The van der Waals surface area contributed by atoms with Gasteiger partial charge in [-0.05, 0) is 87.5 Å². The highest BCUT2D eigenvalue weighted by atomic mass is 16.4. The number of aliphatic hydroxyl groups excluding tert-OH is 1. The molecular formula is C53H92N18O11. The molecule has 0 aliphatic carbocycles. The summed E-state index contributed by atoms with van der Waals surface area (Å²) < 4.78 is 0. The predicted octanol–water partition coefficient (Wildman–Crippen LogP) is -3.68. The molecule has 2 rings (SSSR count). The number of amides is 8. The van der Waals surface area contributed by atoms with Crippen molar-refractivity contribution in [1.29, 1.82) is 0 Å². The molecule has 0 saturated carbocycles. The molecule has 1 fully saturated rings. The summed E-state index contributed by atoms with van der Waals surface area (Å²) in [6.07, 6.45) is 2.09. The predicted molar refractivity (Wildman–Crippen MR) is 309 cm³/mol. The van der Waals surface area contributed by atoms with Gasteiger partial charge in [-0.25, -0.2) is 4.79 Å². The van der Waals surface area contributed by atoms with E-state index in [0.29, 0.717) is 24.8 Å². The third-order valence-electron chi connectivity index (χ3n) is 13.5. The van der Waals surface area contributed by atoms with Crippen LogP contribution in [-0.4, -0.2) is 173 Å². The van der Waals surface area contributed by atoms with Crippen molar-refractivity contribution in [3.63, 3.8) is 0 Å². The first-order valence-electron chi connectivity index (χ1n) is 27.9. The molecular weight excluding hydrogens is 1060 g/mol. The molecule has 1 aliphatic rings. The zero-order chi connectivity index (χ0) is 61.6. The molecule has 0 unspecified atom stereocenters. The molecule has 460 valence electrons. The van der Waals surface area contributed by atoms with Crippen LogP contribution in [-0.2, 0) is 49.6 Å². The minimum absolute atomic E-state index is 0.0581. The van der Waals surface area contributed by atoms with E-state index in [2.05, 4.69) is 52.2 Å². The minimum Gasteiger partial charge on any atom is -0.480 e. The lowest BCUT2D eigenvalue weighted by Gasteiger charge is -2.32. The van der Waals surface area contributed by atoms with Crippen LogP contribution >= 0.6 is 0 Å². The lowest BCUT2D eigenvalue weighted by molar-refractivity contribution is -0.143. The average molecular weight is 1160 g/mol. The molecule has 8 amide bonds. The summed E-state index contributed by atoms with van der Waals surface area (Å²) in [7, 11) is 0. The Morgan fingerprint density at radius 2 is 1.02 bits per heavy atom. The standard InChI is InChI=1S/C53H92N18O11/c1-7-31(6)41(70-47(78)40-20-14-24-71(40)49(80)37(25-29(2)3)67-43(74)34(18-12-22-62-52(57)58)64-42(73)33(54)17-11-21-61-51(55)56)48(79)66-36(27-32-15-9-8-10-16-32)45(76)69-39(28-72)46(77)65-35(19-13-23-63-53(59)60)44(75)68-38(50(81)82)26-30(4)5/h8-10,15-16,29-31,33-41,72H,7,11-14,17-28,54H2,1-6H3,(H,64,73)(H,65,77)(H,66,79)(H,67,74)(H,68,75)(H,69,76)(H,70,78)(H,81,82)(H4,55,56,61)(H4,57,58,62)(H4,59,60,63)/t31-,33-,34-,35-,36-,37-,38-,39-,40-,41-/m0/s1. The quantitative estimate of drug-likeness (QED) is 0.0173. The van der Waals surface area contributed by atoms with E-state index in [4.69, 9.17) is 40.1 Å². The van der Waals surface area contributed by atoms with Crippen molar-refractivity contribution in [2.75, 3.05) is 32.8 Å². The van der Waals surface area contributed by atoms with E-state index < -0.39 is 120 Å². The van der Waals surface area contributed by atoms with Crippen LogP contribution in [0.25, 0.3) is 0 Å². The van der Waals surface area contributed by atoms with E-state index in [1.165, 1.54) is 4.90 Å². The molecule has 0 radical (unpaired) electrons. The number of benzene rings is 1. The number of hydrogen-bond donors (Lipinski definition) is 16. The summed E-state index contributed by atoms with van der Waals surface area (Å²) in [4.78, 5) is 138. The Morgan fingerprint density at radius 1 is 0.585 bits per heavy atom. The highest BCUT2D eigenvalue weighted by molar-refractivity contribution is 5.98. The van der Waals surface area contributed by atoms with Crippen molar-refractivity contribution in [2.45, 2.75) is 173 Å². The maximum absolute atomic E-state index is 14.6. The van der Waals surface area contributed by atoms with Crippen LogP contribution in [0.3, 0.4) is 0 Å². The van der Waals surface area contributed by atoms with Gasteiger partial charge in [0.1, 0.15) is 48.3 Å². The number of hydrogen-bond acceptors (Lipinski definition) is 14. The number of aliphatic hydroxyl groups is 1. The molecule has 29 nitrogen and oxygen atoms in total. The first-order valence-corrected chi connectivity index (χ1v) is 27.9. The Labute approximate surface area is 479 Å². The molecule has 1 aromatic rings. The van der Waals surface area contributed by atoms with Gasteiger partial charge in [0.15, 0.2) is 17.9 Å². The monoisotopic (exact) mass is 1160 g/mol. The van der Waals surface area contributed by atoms with Gasteiger partial charge in [0.2, 0.25) is 47.3 Å². The number of carboxylic acids is 1. The average Bonchev–Trinajstić information content (AvgIpc) is 4.06. The van der Waals surface area contributed by atoms with E-state index in [-0.39, 0.29) is 114 Å². The fourth-order valence-corrected chi connectivity index (χ4v) is 8.92. The van der Waals surface area contributed by atoms with Gasteiger partial charge in [-0.15, -0.1) is 0 Å². The van der Waals surface area contributed by atoms with Gasteiger partial charge in [-0.3, -0.25) is 53.3 Å². The fourth-order valence-electron chi connectivity index (χ4n) is 8.92. The molecule has 0 aromatic heterocycles. The van der Waals surface area contributed by atoms with Crippen LogP contribution in [0.4, 0.5) is 0 Å². The van der Waals surface area contributed by atoms with Crippen molar-refractivity contribution in [3.05, 3.63) is 35.9 Å². The molecule has 82 heavy (non-hydrogen) atoms. The molecule has 23 N–H and O–H groups in total. The fraction of sp³-hybridized carbons (Fsp3) is 0.660. The lowest BCUT2D eigenvalue weighted by Crippen LogP contribution is -2.61. The lowest BCUT2D eigenvalue weighted by atomic mass is 9.96. The number of nitrogens with one attached hydrogen (secondary N) is 7. The molecule has 1 aromatic carbocycles. The first-order chi connectivity index (χ1) is 38.7. The summed E-state index contributed by atoms with van der Waals surface area (Å²) in [6.45, 7) is 10.4. The van der Waals surface area contributed by atoms with Crippen molar-refractivity contribution in [2.24, 2.45) is 72.9 Å². The van der Waals surface area contributed by atoms with Crippen LogP contribution in [0.1, 0.15) is 118 Å². The Hall–Kier alpha value is -7.82. The second kappa shape index (κ2) is 36.5. The summed E-state index contributed by atoms with van der Waals surface area (Å²) in [6, 6.07) is -2.87. The van der Waals surface area contributed by atoms with Crippen LogP contribution in [0, 0.1) is 17.8 Å². The topological polar surface area (TPSA) is 501 Å². The third kappa shape index (κ3) is 25.7. The largest absolute Gasteiger partial charge is 0.480 e. The summed E-state index contributed by atoms with van der Waals surface area (Å²) in [5.41, 5.74) is 39.4. The number of aliphatic carboxylic acids is 1. The van der Waals surface area contributed by atoms with E-state index in [9.17, 15) is 53.4 Å². The Kier molecular flexibility index (Phi) is 31.3. The third-order valence-corrected chi connectivity index (χ3v) is 13.5. The van der Waals surface area contributed by atoms with Gasteiger partial charge < -0.3 is 92.5 Å². The Balaban J connectivity index is 2.41. The van der Waals surface area contributed by atoms with E-state index >= 15 is 0 Å². The molecule has 0 bridgehead atoms. The molecule has 1 heterocycles. The second-order valence-electron chi connectivity index (χ2n) is 21.4. The number of rotatable bonds is 37. The molecule has 29 heteroatoms. The summed E-state index contributed by atoms with van der Waals surface area (Å²) in [5, 5.41) is 38.7. The van der Waals surface area contributed by atoms with E-state index in [1.807, 2.05) is 13.8 Å². The Morgan fingerprint density at radius 3 is 1.51 bits per heavy atom. The highest BCUT2D eigenvalue weighted by Crippen LogP contribution is 2.22. The SMILES string of the molecule is CC[C@H](C)[C@H](NC(=O)[C@@H]1CCCN1C(=O)[C@H](CC(C)C)NC(=O)[C@H](CCCN=C(N)N)NC(=O)[C@@H](N)CCCN=C(N)N)C(=O)N[C@@H](Cc1ccccc1)C(=O)N[C@@H](CO)C(=O)N[C@@H](CCCN=C(N)N)C(=O)N[C@@H](CC(C)C)C(=O)O. The van der Waals surface area contributed by atoms with E-state index in [1.54, 1.807) is 58.0 Å². The van der Waals surface area contributed by atoms with Gasteiger partial charge in [0.05, 0.1) is 12.6 Å². The van der Waals surface area contributed by atoms with E-state index in [0.717, 1.165) is 0 Å². The Bertz CT molecular complexity index is 2340. The number of carbonyl (C=O) groups excluding carboxylic acids is 8. The summed E-state index contributed by atoms with van der Waals surface area (Å²) in [5.74, 6) is -8.67. The number of carbonyl (C=O) groups is 9. The van der Waals surface area contributed by atoms with Crippen molar-refractivity contribution in [3.8, 4) is 0 Å². The highest BCUT2D eigenvalue weighted by Gasteiger charge is 2.41. The van der Waals surface area contributed by atoms with Crippen LogP contribution in [0.5, 0.6) is 0 Å². The number of nitrogens with zero attached hydrogens (tertiary/aromatic N) is 4. The second-order valence-corrected chi connectivity index (χ2v) is 21.4. The molecule has 1 saturated heterocycles. The number of guanidine groups is 3. The first kappa shape index (κ1) is 70.3. The van der Waals surface area contributed by atoms with Crippen LogP contribution in [0.2, 0.25) is 0 Å². The van der Waals surface area contributed by atoms with Crippen LogP contribution < -0.4 is 77.4 Å². The van der Waals surface area contributed by atoms with Crippen molar-refractivity contribution in [1.82, 2.24) is 42.1 Å². The smallest absolute Gasteiger partial charge is 0.326 e. The summed E-state index contributed by atoms with van der Waals surface area (Å²) >= 11 is 0. The maximum atomic E-state index is 14.6. The van der Waals surface area contributed by atoms with Crippen LogP contribution in [0.15, 0.2) is 45.3 Å². The number of carboxylic acid groups (broad SMARTS) is 1. The number of likely N-dealkylation sites (tertiary alicyclic amines) is 1. The molecule has 0 spiro atoms. The zero-order valence-electron chi connectivity index (χ0n) is 48.2. The number of aliphatic imine (C=N–C) groups is 3. The van der Waals surface area contributed by atoms with Gasteiger partial charge >= 0.3 is 5.97 Å². The minimum atomic E-state index is -1.68. The maximum Gasteiger partial charge on any atom is 0.326 e. The zero-order valence-corrected chi connectivity index (χ0v) is 48.2. The van der Waals surface area contributed by atoms with Gasteiger partial charge in [-0.2, -0.15) is 0 Å². The van der Waals surface area contributed by atoms with Gasteiger partial charge in [-0.1, -0.05) is 78.3 Å². The molecule has 10 atom stereocenters. The van der Waals surface area contributed by atoms with Gasteiger partial charge in [0, 0.05) is 32.6 Å².